The van der Waals surface area contributed by atoms with Gasteiger partial charge in [0.1, 0.15) is 17.8 Å². The van der Waals surface area contributed by atoms with Crippen molar-refractivity contribution < 1.29 is 18.2 Å². The zero-order valence-corrected chi connectivity index (χ0v) is 14.8. The second kappa shape index (κ2) is 10.7. The Morgan fingerprint density at radius 2 is 1.85 bits per heavy atom. The second-order valence-corrected chi connectivity index (χ2v) is 5.88. The van der Waals surface area contributed by atoms with Crippen molar-refractivity contribution in [2.75, 3.05) is 0 Å². The number of hydrogen-bond acceptors (Lipinski definition) is 6. The highest BCUT2D eigenvalue weighted by Crippen LogP contribution is 2.23. The summed E-state index contributed by atoms with van der Waals surface area (Å²) in [4.78, 5) is 11.7. The number of unbranched alkanes of at least 4 members (excludes halogenated alkanes) is 3. The molecule has 0 fully saturated rings. The molecule has 2 heterocycles. The molecule has 0 aliphatic carbocycles. The van der Waals surface area contributed by atoms with E-state index in [0.717, 1.165) is 37.8 Å². The van der Waals surface area contributed by atoms with Crippen molar-refractivity contribution in [1.29, 1.82) is 5.26 Å². The molecule has 0 saturated heterocycles. The summed E-state index contributed by atoms with van der Waals surface area (Å²) in [7, 11) is 0. The van der Waals surface area contributed by atoms with Gasteiger partial charge in [-0.05, 0) is 31.4 Å². The van der Waals surface area contributed by atoms with Gasteiger partial charge in [-0.3, -0.25) is 4.79 Å². The van der Waals surface area contributed by atoms with Crippen molar-refractivity contribution >= 4 is 5.78 Å². The van der Waals surface area contributed by atoms with E-state index in [1.807, 2.05) is 0 Å². The maximum absolute atomic E-state index is 13.7. The number of Topliss-reactive ketones (excluding diaryl/α,β-unsaturated/α-hetero) is 1. The summed E-state index contributed by atoms with van der Waals surface area (Å²) in [5.41, 5.74) is 1.63. The molecule has 2 aromatic heterocycles. The number of carbonyl (C=O) groups is 1. The third kappa shape index (κ3) is 5.89. The number of halogens is 1. The number of aryl methyl sites for hydroxylation is 1. The number of carbonyl (C=O) groups excluding carboxylic acids is 1. The third-order valence-electron chi connectivity index (χ3n) is 4.01. The zero-order chi connectivity index (χ0) is 19.5. The zero-order valence-electron chi connectivity index (χ0n) is 14.8. The topological polar surface area (TPSA) is 92.9 Å². The van der Waals surface area contributed by atoms with Crippen LogP contribution < -0.4 is 0 Å². The third-order valence-corrected chi connectivity index (χ3v) is 4.01. The van der Waals surface area contributed by atoms with Gasteiger partial charge in [-0.1, -0.05) is 35.3 Å². The molecule has 6 nitrogen and oxygen atoms in total. The Morgan fingerprint density at radius 1 is 1.07 bits per heavy atom. The van der Waals surface area contributed by atoms with Gasteiger partial charge in [0.25, 0.3) is 0 Å². The average molecular weight is 369 g/mol. The number of aromatic nitrogens is 2. The second-order valence-electron chi connectivity index (χ2n) is 5.88. The lowest BCUT2D eigenvalue weighted by Gasteiger charge is -1.99. The molecule has 0 spiro atoms. The summed E-state index contributed by atoms with van der Waals surface area (Å²) in [5, 5.41) is 14.1. The number of hydrogen-bond donors (Lipinski definition) is 0. The number of benzene rings is 1. The number of ketones is 1. The SMILES string of the molecule is C#N.O=C(CCCCCCc1cc(-c2ccccc2F)on1)c1ccon1. The van der Waals surface area contributed by atoms with Crippen LogP contribution in [-0.2, 0) is 6.42 Å². The summed E-state index contributed by atoms with van der Waals surface area (Å²) in [6, 6.07) is 9.85. The van der Waals surface area contributed by atoms with Crippen LogP contribution in [0, 0.1) is 17.7 Å². The van der Waals surface area contributed by atoms with Gasteiger partial charge in [0.15, 0.2) is 11.5 Å². The van der Waals surface area contributed by atoms with Crippen LogP contribution >= 0.6 is 0 Å². The predicted octanol–water partition coefficient (Wildman–Crippen LogP) is 4.98. The van der Waals surface area contributed by atoms with Gasteiger partial charge in [0.2, 0.25) is 0 Å². The average Bonchev–Trinajstić information content (AvgIpc) is 3.38. The highest BCUT2D eigenvalue weighted by molar-refractivity contribution is 5.93. The first-order chi connectivity index (χ1) is 13.2. The van der Waals surface area contributed by atoms with Crippen LogP contribution in [0.4, 0.5) is 4.39 Å². The molecule has 0 bridgehead atoms. The smallest absolute Gasteiger partial charge is 0.184 e. The standard InChI is InChI=1S/C19H19FN2O3.CHN/c20-16-9-6-5-8-15(16)19-13-14(21-25-19)7-3-1-2-4-10-18(23)17-11-12-24-22-17;1-2/h5-6,8-9,11-13H,1-4,7,10H2;1H. The predicted molar refractivity (Wildman–Crippen MR) is 96.2 cm³/mol. The fraction of sp³-hybridized carbons (Fsp3) is 0.300. The van der Waals surface area contributed by atoms with Crippen molar-refractivity contribution in [3.05, 3.63) is 59.9 Å². The van der Waals surface area contributed by atoms with Crippen LogP contribution in [0.5, 0.6) is 0 Å². The van der Waals surface area contributed by atoms with E-state index in [0.29, 0.717) is 23.4 Å². The summed E-state index contributed by atoms with van der Waals surface area (Å²) in [6.07, 6.45) is 6.38. The normalized spacial score (nSPS) is 10.2. The number of rotatable bonds is 9. The molecule has 0 aliphatic heterocycles. The molecular weight excluding hydrogens is 349 g/mol. The summed E-state index contributed by atoms with van der Waals surface area (Å²) in [6.45, 7) is 3.50. The molecule has 0 amide bonds. The van der Waals surface area contributed by atoms with E-state index in [1.54, 1.807) is 30.3 Å². The molecule has 0 aliphatic rings. The van der Waals surface area contributed by atoms with Crippen LogP contribution in [0.15, 0.2) is 51.7 Å². The van der Waals surface area contributed by atoms with Gasteiger partial charge >= 0.3 is 0 Å². The molecule has 7 heteroatoms. The molecule has 0 unspecified atom stereocenters. The van der Waals surface area contributed by atoms with E-state index < -0.39 is 0 Å². The largest absolute Gasteiger partial charge is 0.364 e. The lowest BCUT2D eigenvalue weighted by atomic mass is 10.1. The van der Waals surface area contributed by atoms with Crippen molar-refractivity contribution in [1.82, 2.24) is 10.3 Å². The van der Waals surface area contributed by atoms with E-state index >= 15 is 0 Å². The highest BCUT2D eigenvalue weighted by atomic mass is 19.1. The van der Waals surface area contributed by atoms with Crippen molar-refractivity contribution in [2.24, 2.45) is 0 Å². The molecule has 3 rings (SSSR count). The minimum Gasteiger partial charge on any atom is -0.364 e. The first-order valence-corrected chi connectivity index (χ1v) is 8.64. The molecule has 0 N–H and O–H groups in total. The number of nitriles is 1. The van der Waals surface area contributed by atoms with Crippen molar-refractivity contribution in [3.8, 4) is 17.9 Å². The molecular formula is C20H20FN3O3. The van der Waals surface area contributed by atoms with Crippen LogP contribution in [-0.4, -0.2) is 16.1 Å². The first kappa shape index (κ1) is 20.0. The van der Waals surface area contributed by atoms with Gasteiger partial charge in [0.05, 0.1) is 11.3 Å². The van der Waals surface area contributed by atoms with E-state index in [4.69, 9.17) is 9.78 Å². The minimum absolute atomic E-state index is 0.0137. The van der Waals surface area contributed by atoms with E-state index in [1.165, 1.54) is 12.3 Å². The maximum Gasteiger partial charge on any atom is 0.184 e. The first-order valence-electron chi connectivity index (χ1n) is 8.64. The van der Waals surface area contributed by atoms with Crippen molar-refractivity contribution in [2.45, 2.75) is 38.5 Å². The summed E-state index contributed by atoms with van der Waals surface area (Å²) >= 11 is 0. The molecule has 0 saturated carbocycles. The van der Waals surface area contributed by atoms with Crippen LogP contribution in [0.1, 0.15) is 48.3 Å². The van der Waals surface area contributed by atoms with Crippen LogP contribution in [0.3, 0.4) is 0 Å². The summed E-state index contributed by atoms with van der Waals surface area (Å²) in [5.74, 6) is 0.146. The van der Waals surface area contributed by atoms with Crippen molar-refractivity contribution in [3.63, 3.8) is 0 Å². The quantitative estimate of drug-likeness (QED) is 0.390. The summed E-state index contributed by atoms with van der Waals surface area (Å²) < 4.78 is 23.6. The number of nitrogens with zero attached hydrogens (tertiary/aromatic N) is 3. The van der Waals surface area contributed by atoms with E-state index in [2.05, 4.69) is 21.4 Å². The molecule has 1 aromatic carbocycles. The Morgan fingerprint density at radius 3 is 2.59 bits per heavy atom. The Hall–Kier alpha value is -3.27. The maximum atomic E-state index is 13.7. The van der Waals surface area contributed by atoms with Crippen LogP contribution in [0.2, 0.25) is 0 Å². The van der Waals surface area contributed by atoms with Gasteiger partial charge in [-0.25, -0.2) is 9.65 Å². The fourth-order valence-corrected chi connectivity index (χ4v) is 2.65. The van der Waals surface area contributed by atoms with Gasteiger partial charge < -0.3 is 9.05 Å². The highest BCUT2D eigenvalue weighted by Gasteiger charge is 2.11. The Labute approximate surface area is 156 Å². The van der Waals surface area contributed by atoms with Gasteiger partial charge in [-0.2, -0.15) is 0 Å². The Kier molecular flexibility index (Phi) is 7.92. The Bertz CT molecular complexity index is 856. The van der Waals surface area contributed by atoms with E-state index in [-0.39, 0.29) is 11.6 Å². The lowest BCUT2D eigenvalue weighted by Crippen LogP contribution is -1.98. The fourth-order valence-electron chi connectivity index (χ4n) is 2.65. The molecule has 0 atom stereocenters. The monoisotopic (exact) mass is 369 g/mol. The minimum atomic E-state index is -0.318. The van der Waals surface area contributed by atoms with E-state index in [9.17, 15) is 9.18 Å². The Balaban J connectivity index is 0.00000126. The molecule has 0 radical (unpaired) electrons. The molecule has 3 aromatic rings. The lowest BCUT2D eigenvalue weighted by molar-refractivity contribution is 0.0970. The van der Waals surface area contributed by atoms with Gasteiger partial charge in [0, 0.05) is 25.1 Å². The van der Waals surface area contributed by atoms with Crippen LogP contribution in [0.25, 0.3) is 11.3 Å². The molecule has 140 valence electrons. The van der Waals surface area contributed by atoms with Gasteiger partial charge in [-0.15, -0.1) is 0 Å². The molecule has 27 heavy (non-hydrogen) atoms.